The summed E-state index contributed by atoms with van der Waals surface area (Å²) in [5.74, 6) is 0.874. The molecule has 0 saturated carbocycles. The third-order valence-corrected chi connectivity index (χ3v) is 3.49. The van der Waals surface area contributed by atoms with Gasteiger partial charge in [0.2, 0.25) is 0 Å². The molecule has 2 aromatic heterocycles. The zero-order valence-electron chi connectivity index (χ0n) is 11.3. The zero-order valence-corrected chi connectivity index (χ0v) is 11.3. The van der Waals surface area contributed by atoms with Gasteiger partial charge < -0.3 is 0 Å². The van der Waals surface area contributed by atoms with E-state index in [2.05, 4.69) is 29.0 Å². The molecule has 0 aliphatic carbocycles. The lowest BCUT2D eigenvalue weighted by molar-refractivity contribution is 0.112. The standard InChI is InChI=1S/C16H15N3O/c1-12-5-2-3-6-13(12)7-8-15-18-14(11-20)16-17-9-4-10-19(15)16/h2-6,9-11H,7-8H2,1H3. The van der Waals surface area contributed by atoms with Gasteiger partial charge in [0.1, 0.15) is 11.5 Å². The van der Waals surface area contributed by atoms with Crippen molar-refractivity contribution >= 4 is 11.9 Å². The highest BCUT2D eigenvalue weighted by molar-refractivity contribution is 5.81. The summed E-state index contributed by atoms with van der Waals surface area (Å²) in [4.78, 5) is 19.6. The number of imidazole rings is 1. The average molecular weight is 265 g/mol. The van der Waals surface area contributed by atoms with Crippen molar-refractivity contribution < 1.29 is 4.79 Å². The second-order valence-electron chi connectivity index (χ2n) is 4.77. The van der Waals surface area contributed by atoms with Crippen LogP contribution in [0.4, 0.5) is 0 Å². The molecule has 0 N–H and O–H groups in total. The van der Waals surface area contributed by atoms with Gasteiger partial charge in [-0.1, -0.05) is 24.3 Å². The van der Waals surface area contributed by atoms with E-state index in [0.29, 0.717) is 11.3 Å². The molecule has 0 spiro atoms. The lowest BCUT2D eigenvalue weighted by atomic mass is 10.0. The van der Waals surface area contributed by atoms with Crippen molar-refractivity contribution in [2.24, 2.45) is 0 Å². The molecular weight excluding hydrogens is 250 g/mol. The fourth-order valence-electron chi connectivity index (χ4n) is 2.40. The summed E-state index contributed by atoms with van der Waals surface area (Å²) >= 11 is 0. The maximum absolute atomic E-state index is 11.0. The summed E-state index contributed by atoms with van der Waals surface area (Å²) < 4.78 is 1.89. The van der Waals surface area contributed by atoms with Gasteiger partial charge in [-0.3, -0.25) is 9.20 Å². The first-order chi connectivity index (χ1) is 9.79. The Morgan fingerprint density at radius 2 is 2.05 bits per heavy atom. The highest BCUT2D eigenvalue weighted by Gasteiger charge is 2.11. The molecule has 20 heavy (non-hydrogen) atoms. The maximum atomic E-state index is 11.0. The maximum Gasteiger partial charge on any atom is 0.172 e. The molecule has 3 rings (SSSR count). The van der Waals surface area contributed by atoms with Crippen LogP contribution in [0.3, 0.4) is 0 Å². The number of carbonyl (C=O) groups is 1. The lowest BCUT2D eigenvalue weighted by Crippen LogP contribution is -1.99. The molecule has 0 saturated heterocycles. The van der Waals surface area contributed by atoms with Crippen molar-refractivity contribution in [3.8, 4) is 0 Å². The van der Waals surface area contributed by atoms with E-state index in [1.165, 1.54) is 11.1 Å². The topological polar surface area (TPSA) is 47.3 Å². The van der Waals surface area contributed by atoms with E-state index in [9.17, 15) is 4.79 Å². The van der Waals surface area contributed by atoms with Crippen LogP contribution in [0.1, 0.15) is 27.4 Å². The van der Waals surface area contributed by atoms with Crippen molar-refractivity contribution in [2.45, 2.75) is 19.8 Å². The number of carbonyl (C=O) groups excluding carboxylic acids is 1. The van der Waals surface area contributed by atoms with E-state index < -0.39 is 0 Å². The van der Waals surface area contributed by atoms with Crippen LogP contribution in [-0.2, 0) is 12.8 Å². The number of benzene rings is 1. The Kier molecular flexibility index (Phi) is 3.29. The van der Waals surface area contributed by atoms with Crippen LogP contribution in [0.2, 0.25) is 0 Å². The molecule has 2 heterocycles. The van der Waals surface area contributed by atoms with Crippen molar-refractivity contribution in [2.75, 3.05) is 0 Å². The van der Waals surface area contributed by atoms with Crippen molar-refractivity contribution in [1.29, 1.82) is 0 Å². The minimum absolute atomic E-state index is 0.408. The summed E-state index contributed by atoms with van der Waals surface area (Å²) in [6.07, 6.45) is 6.02. The predicted octanol–water partition coefficient (Wildman–Crippen LogP) is 2.64. The summed E-state index contributed by atoms with van der Waals surface area (Å²) in [5.41, 5.74) is 3.62. The van der Waals surface area contributed by atoms with E-state index in [4.69, 9.17) is 0 Å². The largest absolute Gasteiger partial charge is 0.296 e. The van der Waals surface area contributed by atoms with E-state index in [1.54, 1.807) is 6.20 Å². The number of rotatable bonds is 4. The Labute approximate surface area is 117 Å². The number of fused-ring (bicyclic) bond motifs is 1. The van der Waals surface area contributed by atoms with Crippen LogP contribution in [0.5, 0.6) is 0 Å². The SMILES string of the molecule is Cc1ccccc1CCc1nc(C=O)c2ncccn12. The normalized spacial score (nSPS) is 10.8. The summed E-state index contributed by atoms with van der Waals surface area (Å²) in [7, 11) is 0. The van der Waals surface area contributed by atoms with Gasteiger partial charge >= 0.3 is 0 Å². The highest BCUT2D eigenvalue weighted by Crippen LogP contribution is 2.13. The van der Waals surface area contributed by atoms with E-state index in [1.807, 2.05) is 28.8 Å². The van der Waals surface area contributed by atoms with Crippen LogP contribution in [-0.4, -0.2) is 20.7 Å². The Bertz CT molecular complexity index is 761. The first kappa shape index (κ1) is 12.5. The third kappa shape index (κ3) is 2.20. The molecule has 0 unspecified atom stereocenters. The molecule has 0 aliphatic rings. The molecule has 0 bridgehead atoms. The van der Waals surface area contributed by atoms with Crippen LogP contribution in [0.25, 0.3) is 5.65 Å². The molecule has 0 fully saturated rings. The summed E-state index contributed by atoms with van der Waals surface area (Å²) in [6, 6.07) is 10.2. The minimum Gasteiger partial charge on any atom is -0.296 e. The number of nitrogens with zero attached hydrogens (tertiary/aromatic N) is 3. The van der Waals surface area contributed by atoms with Crippen molar-refractivity contribution in [3.63, 3.8) is 0 Å². The predicted molar refractivity (Wildman–Crippen MR) is 77.0 cm³/mol. The van der Waals surface area contributed by atoms with E-state index >= 15 is 0 Å². The van der Waals surface area contributed by atoms with Gasteiger partial charge in [0.15, 0.2) is 11.9 Å². The first-order valence-corrected chi connectivity index (χ1v) is 6.61. The smallest absolute Gasteiger partial charge is 0.172 e. The molecule has 100 valence electrons. The number of aromatic nitrogens is 3. The first-order valence-electron chi connectivity index (χ1n) is 6.61. The highest BCUT2D eigenvalue weighted by atomic mass is 16.1. The Hall–Kier alpha value is -2.49. The Balaban J connectivity index is 1.92. The number of hydrogen-bond donors (Lipinski definition) is 0. The third-order valence-electron chi connectivity index (χ3n) is 3.49. The minimum atomic E-state index is 0.408. The number of aldehydes is 1. The van der Waals surface area contributed by atoms with Gasteiger partial charge in [-0.25, -0.2) is 9.97 Å². The van der Waals surface area contributed by atoms with E-state index in [0.717, 1.165) is 25.0 Å². The summed E-state index contributed by atoms with van der Waals surface area (Å²) in [6.45, 7) is 2.11. The fourth-order valence-corrected chi connectivity index (χ4v) is 2.40. The molecule has 0 amide bonds. The molecule has 0 aliphatic heterocycles. The van der Waals surface area contributed by atoms with Crippen LogP contribution in [0.15, 0.2) is 42.7 Å². The second-order valence-corrected chi connectivity index (χ2v) is 4.77. The Morgan fingerprint density at radius 1 is 1.20 bits per heavy atom. The van der Waals surface area contributed by atoms with Crippen molar-refractivity contribution in [3.05, 3.63) is 65.4 Å². The molecule has 4 nitrogen and oxygen atoms in total. The van der Waals surface area contributed by atoms with Crippen molar-refractivity contribution in [1.82, 2.24) is 14.4 Å². The molecular formula is C16H15N3O. The molecule has 0 radical (unpaired) electrons. The van der Waals surface area contributed by atoms with E-state index in [-0.39, 0.29) is 0 Å². The fraction of sp³-hybridized carbons (Fsp3) is 0.188. The van der Waals surface area contributed by atoms with Gasteiger partial charge in [0.05, 0.1) is 0 Å². The van der Waals surface area contributed by atoms with Gasteiger partial charge in [-0.2, -0.15) is 0 Å². The molecule has 4 heteroatoms. The van der Waals surface area contributed by atoms with Gasteiger partial charge in [0.25, 0.3) is 0 Å². The molecule has 0 atom stereocenters. The van der Waals surface area contributed by atoms with Gasteiger partial charge in [0, 0.05) is 18.8 Å². The number of hydrogen-bond acceptors (Lipinski definition) is 3. The zero-order chi connectivity index (χ0) is 13.9. The average Bonchev–Trinajstić information content (AvgIpc) is 2.85. The Morgan fingerprint density at radius 3 is 2.85 bits per heavy atom. The summed E-state index contributed by atoms with van der Waals surface area (Å²) in [5, 5.41) is 0. The lowest BCUT2D eigenvalue weighted by Gasteiger charge is -2.04. The molecule has 3 aromatic rings. The molecule has 1 aromatic carbocycles. The quantitative estimate of drug-likeness (QED) is 0.681. The monoisotopic (exact) mass is 265 g/mol. The van der Waals surface area contributed by atoms with Gasteiger partial charge in [-0.15, -0.1) is 0 Å². The van der Waals surface area contributed by atoms with Crippen LogP contribution < -0.4 is 0 Å². The number of aryl methyl sites for hydroxylation is 3. The van der Waals surface area contributed by atoms with Gasteiger partial charge in [-0.05, 0) is 30.5 Å². The van der Waals surface area contributed by atoms with Crippen LogP contribution in [0, 0.1) is 6.92 Å². The van der Waals surface area contributed by atoms with Crippen LogP contribution >= 0.6 is 0 Å². The second kappa shape index (κ2) is 5.25.